The van der Waals surface area contributed by atoms with Crippen LogP contribution >= 0.6 is 0 Å². The molecule has 0 aliphatic rings. The standard InChI is InChI=1S/C12H12N2O2/c1-16-8-14-12(15)10-6-9-4-2-3-5-11(9)13-7-10/h2-7H,8H2,1H3,(H,14,15). The van der Waals surface area contributed by atoms with Crippen molar-refractivity contribution < 1.29 is 9.53 Å². The Kier molecular flexibility index (Phi) is 3.12. The van der Waals surface area contributed by atoms with Crippen LogP contribution in [0.15, 0.2) is 36.5 Å². The molecule has 0 spiro atoms. The molecule has 82 valence electrons. The van der Waals surface area contributed by atoms with Gasteiger partial charge in [-0.05, 0) is 12.1 Å². The van der Waals surface area contributed by atoms with Crippen LogP contribution in [0, 0.1) is 0 Å². The first-order chi connectivity index (χ1) is 7.81. The molecule has 0 radical (unpaired) electrons. The van der Waals surface area contributed by atoms with E-state index in [4.69, 9.17) is 4.74 Å². The molecule has 1 amide bonds. The minimum Gasteiger partial charge on any atom is -0.364 e. The van der Waals surface area contributed by atoms with Gasteiger partial charge in [-0.25, -0.2) is 0 Å². The minimum atomic E-state index is -0.180. The van der Waals surface area contributed by atoms with E-state index in [1.54, 1.807) is 6.20 Å². The number of ether oxygens (including phenoxy) is 1. The molecule has 16 heavy (non-hydrogen) atoms. The lowest BCUT2D eigenvalue weighted by molar-refractivity contribution is 0.0872. The summed E-state index contributed by atoms with van der Waals surface area (Å²) < 4.78 is 4.77. The van der Waals surface area contributed by atoms with Crippen LogP contribution in [0.5, 0.6) is 0 Å². The zero-order valence-electron chi connectivity index (χ0n) is 8.93. The van der Waals surface area contributed by atoms with Gasteiger partial charge in [0.15, 0.2) is 0 Å². The minimum absolute atomic E-state index is 0.180. The summed E-state index contributed by atoms with van der Waals surface area (Å²) in [4.78, 5) is 15.8. The van der Waals surface area contributed by atoms with Crippen molar-refractivity contribution in [3.05, 3.63) is 42.1 Å². The summed E-state index contributed by atoms with van der Waals surface area (Å²) in [6, 6.07) is 9.48. The highest BCUT2D eigenvalue weighted by Crippen LogP contribution is 2.12. The molecular weight excluding hydrogens is 204 g/mol. The number of pyridine rings is 1. The molecule has 0 aliphatic carbocycles. The number of nitrogens with zero attached hydrogens (tertiary/aromatic N) is 1. The quantitative estimate of drug-likeness (QED) is 0.792. The molecule has 4 heteroatoms. The van der Waals surface area contributed by atoms with Gasteiger partial charge in [0.05, 0.1) is 11.1 Å². The van der Waals surface area contributed by atoms with Gasteiger partial charge >= 0.3 is 0 Å². The Morgan fingerprint density at radius 3 is 3.06 bits per heavy atom. The van der Waals surface area contributed by atoms with Crippen molar-refractivity contribution in [1.29, 1.82) is 0 Å². The van der Waals surface area contributed by atoms with Crippen LogP contribution in [0.3, 0.4) is 0 Å². The monoisotopic (exact) mass is 216 g/mol. The van der Waals surface area contributed by atoms with Crippen LogP contribution in [0.25, 0.3) is 10.9 Å². The summed E-state index contributed by atoms with van der Waals surface area (Å²) in [6.07, 6.45) is 1.56. The van der Waals surface area contributed by atoms with Crippen molar-refractivity contribution in [2.45, 2.75) is 0 Å². The van der Waals surface area contributed by atoms with Gasteiger partial charge in [0, 0.05) is 18.7 Å². The van der Waals surface area contributed by atoms with Crippen molar-refractivity contribution in [3.8, 4) is 0 Å². The number of amides is 1. The van der Waals surface area contributed by atoms with E-state index in [-0.39, 0.29) is 12.6 Å². The highest BCUT2D eigenvalue weighted by Gasteiger charge is 2.05. The van der Waals surface area contributed by atoms with Crippen LogP contribution in [0.4, 0.5) is 0 Å². The second-order valence-electron chi connectivity index (χ2n) is 3.36. The van der Waals surface area contributed by atoms with E-state index in [0.29, 0.717) is 5.56 Å². The second kappa shape index (κ2) is 4.72. The number of carbonyl (C=O) groups is 1. The number of aromatic nitrogens is 1. The van der Waals surface area contributed by atoms with Crippen molar-refractivity contribution >= 4 is 16.8 Å². The molecular formula is C12H12N2O2. The number of hydrogen-bond donors (Lipinski definition) is 1. The van der Waals surface area contributed by atoms with Gasteiger partial charge in [-0.3, -0.25) is 9.78 Å². The number of benzene rings is 1. The van der Waals surface area contributed by atoms with Gasteiger partial charge in [0.1, 0.15) is 6.73 Å². The molecule has 0 aliphatic heterocycles. The van der Waals surface area contributed by atoms with E-state index in [2.05, 4.69) is 10.3 Å². The maximum atomic E-state index is 11.6. The number of nitrogens with one attached hydrogen (secondary N) is 1. The third-order valence-electron chi connectivity index (χ3n) is 2.23. The fourth-order valence-corrected chi connectivity index (χ4v) is 1.43. The third-order valence-corrected chi connectivity index (χ3v) is 2.23. The van der Waals surface area contributed by atoms with E-state index in [1.165, 1.54) is 7.11 Å². The average molecular weight is 216 g/mol. The Bertz CT molecular complexity index is 511. The molecule has 2 aromatic rings. The molecule has 1 aromatic carbocycles. The van der Waals surface area contributed by atoms with Gasteiger partial charge in [0.2, 0.25) is 0 Å². The highest BCUT2D eigenvalue weighted by atomic mass is 16.5. The number of rotatable bonds is 3. The molecule has 0 atom stereocenters. The van der Waals surface area contributed by atoms with Gasteiger partial charge < -0.3 is 10.1 Å². The third kappa shape index (κ3) is 2.17. The Morgan fingerprint density at radius 1 is 1.44 bits per heavy atom. The molecule has 1 N–H and O–H groups in total. The molecule has 4 nitrogen and oxygen atoms in total. The van der Waals surface area contributed by atoms with Crippen molar-refractivity contribution in [1.82, 2.24) is 10.3 Å². The van der Waals surface area contributed by atoms with E-state index < -0.39 is 0 Å². The van der Waals surface area contributed by atoms with Crippen LogP contribution in [-0.2, 0) is 4.74 Å². The normalized spacial score (nSPS) is 10.3. The van der Waals surface area contributed by atoms with Crippen LogP contribution in [-0.4, -0.2) is 24.7 Å². The van der Waals surface area contributed by atoms with Crippen LogP contribution in [0.2, 0.25) is 0 Å². The molecule has 0 unspecified atom stereocenters. The lowest BCUT2D eigenvalue weighted by Crippen LogP contribution is -2.25. The molecule has 0 saturated heterocycles. The molecule has 1 aromatic heterocycles. The summed E-state index contributed by atoms with van der Waals surface area (Å²) >= 11 is 0. The lowest BCUT2D eigenvalue weighted by atomic mass is 10.1. The number of methoxy groups -OCH3 is 1. The fraction of sp³-hybridized carbons (Fsp3) is 0.167. The van der Waals surface area contributed by atoms with E-state index in [0.717, 1.165) is 10.9 Å². The second-order valence-corrected chi connectivity index (χ2v) is 3.36. The predicted octanol–water partition coefficient (Wildman–Crippen LogP) is 1.57. The maximum absolute atomic E-state index is 11.6. The van der Waals surface area contributed by atoms with Gasteiger partial charge in [-0.1, -0.05) is 18.2 Å². The lowest BCUT2D eigenvalue weighted by Gasteiger charge is -2.04. The Labute approximate surface area is 93.3 Å². The summed E-state index contributed by atoms with van der Waals surface area (Å²) in [5, 5.41) is 3.56. The molecule has 0 saturated carbocycles. The fourth-order valence-electron chi connectivity index (χ4n) is 1.43. The maximum Gasteiger partial charge on any atom is 0.254 e. The number of para-hydroxylation sites is 1. The van der Waals surface area contributed by atoms with Gasteiger partial charge in [-0.15, -0.1) is 0 Å². The SMILES string of the molecule is COCNC(=O)c1cnc2ccccc2c1. The summed E-state index contributed by atoms with van der Waals surface area (Å²) in [5.41, 5.74) is 1.42. The first-order valence-corrected chi connectivity index (χ1v) is 4.93. The molecule has 2 rings (SSSR count). The molecule has 1 heterocycles. The van der Waals surface area contributed by atoms with Crippen LogP contribution in [0.1, 0.15) is 10.4 Å². The first kappa shape index (κ1) is 10.6. The number of hydrogen-bond acceptors (Lipinski definition) is 3. The van der Waals surface area contributed by atoms with Crippen LogP contribution < -0.4 is 5.32 Å². The number of carbonyl (C=O) groups excluding carboxylic acids is 1. The summed E-state index contributed by atoms with van der Waals surface area (Å²) in [6.45, 7) is 0.200. The molecule has 0 fully saturated rings. The smallest absolute Gasteiger partial charge is 0.254 e. The zero-order valence-corrected chi connectivity index (χ0v) is 8.93. The Balaban J connectivity index is 2.28. The van der Waals surface area contributed by atoms with Crippen molar-refractivity contribution in [3.63, 3.8) is 0 Å². The number of fused-ring (bicyclic) bond motifs is 1. The van der Waals surface area contributed by atoms with E-state index in [9.17, 15) is 4.79 Å². The summed E-state index contributed by atoms with van der Waals surface area (Å²) in [7, 11) is 1.53. The van der Waals surface area contributed by atoms with E-state index >= 15 is 0 Å². The largest absolute Gasteiger partial charge is 0.364 e. The van der Waals surface area contributed by atoms with Gasteiger partial charge in [0.25, 0.3) is 5.91 Å². The van der Waals surface area contributed by atoms with Gasteiger partial charge in [-0.2, -0.15) is 0 Å². The summed E-state index contributed by atoms with van der Waals surface area (Å²) in [5.74, 6) is -0.180. The first-order valence-electron chi connectivity index (χ1n) is 4.93. The predicted molar refractivity (Wildman–Crippen MR) is 61.1 cm³/mol. The Morgan fingerprint density at radius 2 is 2.25 bits per heavy atom. The van der Waals surface area contributed by atoms with Crippen molar-refractivity contribution in [2.24, 2.45) is 0 Å². The molecule has 0 bridgehead atoms. The Hall–Kier alpha value is -1.94. The van der Waals surface area contributed by atoms with E-state index in [1.807, 2.05) is 30.3 Å². The topological polar surface area (TPSA) is 51.2 Å². The van der Waals surface area contributed by atoms with Crippen molar-refractivity contribution in [2.75, 3.05) is 13.8 Å². The zero-order chi connectivity index (χ0) is 11.4. The average Bonchev–Trinajstić information content (AvgIpc) is 2.35. The highest BCUT2D eigenvalue weighted by molar-refractivity contribution is 5.97.